The molecule has 0 aliphatic carbocycles. The quantitative estimate of drug-likeness (QED) is 0.793. The number of hydrogen-bond donors (Lipinski definition) is 1. The van der Waals surface area contributed by atoms with E-state index < -0.39 is 6.10 Å². The van der Waals surface area contributed by atoms with Gasteiger partial charge in [-0.25, -0.2) is 4.98 Å². The van der Waals surface area contributed by atoms with Crippen molar-refractivity contribution in [3.05, 3.63) is 64.4 Å². The minimum absolute atomic E-state index is 0.433. The Morgan fingerprint density at radius 3 is 2.67 bits per heavy atom. The van der Waals surface area contributed by atoms with Gasteiger partial charge in [0.2, 0.25) is 0 Å². The van der Waals surface area contributed by atoms with Gasteiger partial charge in [-0.15, -0.1) is 0 Å². The van der Waals surface area contributed by atoms with Gasteiger partial charge < -0.3 is 9.67 Å². The Bertz CT molecular complexity index is 795. The number of aliphatic hydroxyl groups is 1. The van der Waals surface area contributed by atoms with Gasteiger partial charge in [-0.2, -0.15) is 0 Å². The van der Waals surface area contributed by atoms with Crippen LogP contribution in [0.1, 0.15) is 22.8 Å². The van der Waals surface area contributed by atoms with E-state index in [4.69, 9.17) is 11.6 Å². The molecule has 3 nitrogen and oxygen atoms in total. The molecule has 1 atom stereocenters. The van der Waals surface area contributed by atoms with E-state index in [0.29, 0.717) is 11.6 Å². The van der Waals surface area contributed by atoms with E-state index in [2.05, 4.69) is 31.0 Å². The van der Waals surface area contributed by atoms with Gasteiger partial charge in [0.1, 0.15) is 0 Å². The topological polar surface area (TPSA) is 38.0 Å². The molecule has 3 rings (SSSR count). The second-order valence-corrected chi connectivity index (χ2v) is 5.77. The van der Waals surface area contributed by atoms with E-state index in [1.165, 1.54) is 11.1 Å². The molecule has 2 aromatic carbocycles. The third-order valence-corrected chi connectivity index (χ3v) is 4.21. The second kappa shape index (κ2) is 5.51. The highest BCUT2D eigenvalue weighted by Crippen LogP contribution is 2.26. The summed E-state index contributed by atoms with van der Waals surface area (Å²) in [6.07, 6.45) is 1.11. The zero-order chi connectivity index (χ0) is 15.0. The molecule has 0 fully saturated rings. The number of halogens is 1. The smallest absolute Gasteiger partial charge is 0.0983 e. The van der Waals surface area contributed by atoms with E-state index in [1.807, 2.05) is 22.8 Å². The molecule has 108 valence electrons. The maximum Gasteiger partial charge on any atom is 0.0983 e. The number of nitrogens with zero attached hydrogens (tertiary/aromatic N) is 2. The van der Waals surface area contributed by atoms with Gasteiger partial charge in [0.05, 0.1) is 30.0 Å². The molecule has 0 aliphatic rings. The summed E-state index contributed by atoms with van der Waals surface area (Å²) in [4.78, 5) is 4.41. The van der Waals surface area contributed by atoms with E-state index in [1.54, 1.807) is 12.4 Å². The van der Waals surface area contributed by atoms with Crippen molar-refractivity contribution in [2.24, 2.45) is 0 Å². The van der Waals surface area contributed by atoms with Crippen LogP contribution in [0, 0.1) is 13.8 Å². The lowest BCUT2D eigenvalue weighted by molar-refractivity contribution is 0.158. The molecule has 0 aliphatic heterocycles. The van der Waals surface area contributed by atoms with Gasteiger partial charge in [-0.1, -0.05) is 29.8 Å². The molecule has 1 unspecified atom stereocenters. The fourth-order valence-electron chi connectivity index (χ4n) is 2.49. The van der Waals surface area contributed by atoms with Crippen LogP contribution >= 0.6 is 11.6 Å². The minimum atomic E-state index is -0.655. The second-order valence-electron chi connectivity index (χ2n) is 5.36. The van der Waals surface area contributed by atoms with Crippen LogP contribution in [0.15, 0.2) is 42.7 Å². The fraction of sp³-hybridized carbons (Fsp3) is 0.235. The van der Waals surface area contributed by atoms with Gasteiger partial charge in [0.25, 0.3) is 0 Å². The highest BCUT2D eigenvalue weighted by Gasteiger charge is 2.13. The minimum Gasteiger partial charge on any atom is -0.386 e. The van der Waals surface area contributed by atoms with Crippen molar-refractivity contribution in [1.29, 1.82) is 0 Å². The largest absolute Gasteiger partial charge is 0.386 e. The molecular formula is C17H17ClN2O. The summed E-state index contributed by atoms with van der Waals surface area (Å²) >= 11 is 6.14. The summed E-state index contributed by atoms with van der Waals surface area (Å²) < 4.78 is 1.97. The van der Waals surface area contributed by atoms with Crippen molar-refractivity contribution in [1.82, 2.24) is 9.55 Å². The average molecular weight is 301 g/mol. The third kappa shape index (κ3) is 2.67. The first-order chi connectivity index (χ1) is 10.1. The van der Waals surface area contributed by atoms with Crippen LogP contribution in [0.4, 0.5) is 0 Å². The van der Waals surface area contributed by atoms with Gasteiger partial charge in [0, 0.05) is 10.6 Å². The van der Waals surface area contributed by atoms with Crippen molar-refractivity contribution >= 4 is 22.6 Å². The number of imidazole rings is 1. The number of fused-ring (bicyclic) bond motifs is 1. The molecule has 1 N–H and O–H groups in total. The van der Waals surface area contributed by atoms with Crippen molar-refractivity contribution < 1.29 is 5.11 Å². The van der Waals surface area contributed by atoms with E-state index in [0.717, 1.165) is 16.6 Å². The molecule has 0 amide bonds. The first kappa shape index (κ1) is 14.1. The third-order valence-electron chi connectivity index (χ3n) is 3.87. The van der Waals surface area contributed by atoms with Crippen LogP contribution in [0.5, 0.6) is 0 Å². The lowest BCUT2D eigenvalue weighted by Gasteiger charge is -2.14. The van der Waals surface area contributed by atoms with Gasteiger partial charge in [-0.3, -0.25) is 0 Å². The first-order valence-electron chi connectivity index (χ1n) is 6.91. The maximum atomic E-state index is 10.4. The molecule has 1 aromatic heterocycles. The Kier molecular flexibility index (Phi) is 3.70. The Morgan fingerprint density at radius 2 is 1.90 bits per heavy atom. The van der Waals surface area contributed by atoms with Crippen molar-refractivity contribution in [3.63, 3.8) is 0 Å². The van der Waals surface area contributed by atoms with E-state index >= 15 is 0 Å². The van der Waals surface area contributed by atoms with E-state index in [-0.39, 0.29) is 0 Å². The monoisotopic (exact) mass is 300 g/mol. The molecule has 21 heavy (non-hydrogen) atoms. The van der Waals surface area contributed by atoms with E-state index in [9.17, 15) is 5.11 Å². The van der Waals surface area contributed by atoms with Crippen LogP contribution in [0.2, 0.25) is 5.02 Å². The number of aryl methyl sites for hydroxylation is 2. The van der Waals surface area contributed by atoms with Crippen LogP contribution in [0.25, 0.3) is 11.0 Å². The Balaban J connectivity index is 1.95. The highest BCUT2D eigenvalue weighted by molar-refractivity contribution is 6.31. The lowest BCUT2D eigenvalue weighted by Crippen LogP contribution is -2.08. The van der Waals surface area contributed by atoms with Crippen LogP contribution in [-0.2, 0) is 6.54 Å². The average Bonchev–Trinajstić information content (AvgIpc) is 2.82. The summed E-state index contributed by atoms with van der Waals surface area (Å²) in [6, 6.07) is 11.6. The summed E-state index contributed by atoms with van der Waals surface area (Å²) in [7, 11) is 0. The molecular weight excluding hydrogens is 284 g/mol. The van der Waals surface area contributed by atoms with Crippen LogP contribution in [0.3, 0.4) is 0 Å². The number of aliphatic hydroxyl groups excluding tert-OH is 1. The molecule has 0 bridgehead atoms. The maximum absolute atomic E-state index is 10.4. The number of hydrogen-bond acceptors (Lipinski definition) is 2. The number of rotatable bonds is 3. The number of aromatic nitrogens is 2. The molecule has 0 saturated heterocycles. The summed E-state index contributed by atoms with van der Waals surface area (Å²) in [5.74, 6) is 0. The van der Waals surface area contributed by atoms with Crippen LogP contribution in [-0.4, -0.2) is 14.7 Å². The van der Waals surface area contributed by atoms with Crippen LogP contribution < -0.4 is 0 Å². The van der Waals surface area contributed by atoms with Gasteiger partial charge >= 0.3 is 0 Å². The lowest BCUT2D eigenvalue weighted by atomic mass is 10.1. The van der Waals surface area contributed by atoms with Crippen molar-refractivity contribution in [2.75, 3.05) is 0 Å². The predicted molar refractivity (Wildman–Crippen MR) is 85.6 cm³/mol. The molecule has 0 spiro atoms. The Hall–Kier alpha value is -1.84. The zero-order valence-electron chi connectivity index (χ0n) is 12.0. The standard InChI is InChI=1S/C17H17ClN2O/c1-11-7-15-16(8-12(11)2)20(10-19-15)9-17(21)13-5-3-4-6-14(13)18/h3-8,10,17,21H,9H2,1-2H3. The van der Waals surface area contributed by atoms with Gasteiger partial charge in [-0.05, 0) is 43.2 Å². The molecule has 3 aromatic rings. The molecule has 0 radical (unpaired) electrons. The van der Waals surface area contributed by atoms with Crippen molar-refractivity contribution in [2.45, 2.75) is 26.5 Å². The Labute approximate surface area is 128 Å². The molecule has 0 saturated carbocycles. The summed E-state index contributed by atoms with van der Waals surface area (Å²) in [5, 5.41) is 11.0. The summed E-state index contributed by atoms with van der Waals surface area (Å²) in [6.45, 7) is 4.59. The molecule has 1 heterocycles. The normalized spacial score (nSPS) is 12.8. The number of benzene rings is 2. The van der Waals surface area contributed by atoms with Gasteiger partial charge in [0.15, 0.2) is 0 Å². The summed E-state index contributed by atoms with van der Waals surface area (Å²) in [5.41, 5.74) is 5.16. The Morgan fingerprint density at radius 1 is 1.19 bits per heavy atom. The van der Waals surface area contributed by atoms with Crippen molar-refractivity contribution in [3.8, 4) is 0 Å². The predicted octanol–water partition coefficient (Wildman–Crippen LogP) is 4.04. The zero-order valence-corrected chi connectivity index (χ0v) is 12.8. The first-order valence-corrected chi connectivity index (χ1v) is 7.28. The fourth-order valence-corrected chi connectivity index (χ4v) is 2.75. The highest BCUT2D eigenvalue weighted by atomic mass is 35.5. The SMILES string of the molecule is Cc1cc2ncn(CC(O)c3ccccc3Cl)c2cc1C. The molecule has 4 heteroatoms.